The van der Waals surface area contributed by atoms with E-state index in [9.17, 15) is 9.59 Å². The average Bonchev–Trinajstić information content (AvgIpc) is 3.36. The standard InChI is InChI=1S/C19H16N8O2/c1-24-14-8-9-26(15(14)18(28)25(2)19(24)29)23-16-13-10-22-27(17(13)21-11-20-16)12-6-4-3-5-7-12/h3-11H,1-2H3,(H,20,21,23). The van der Waals surface area contributed by atoms with Crippen LogP contribution in [0.15, 0.2) is 64.7 Å². The van der Waals surface area contributed by atoms with Gasteiger partial charge in [-0.3, -0.25) is 24.0 Å². The Morgan fingerprint density at radius 2 is 1.76 bits per heavy atom. The summed E-state index contributed by atoms with van der Waals surface area (Å²) in [7, 11) is 3.08. The van der Waals surface area contributed by atoms with Crippen LogP contribution in [0.3, 0.4) is 0 Å². The minimum Gasteiger partial charge on any atom is -0.295 e. The van der Waals surface area contributed by atoms with Gasteiger partial charge < -0.3 is 0 Å². The maximum Gasteiger partial charge on any atom is 0.331 e. The Balaban J connectivity index is 1.67. The summed E-state index contributed by atoms with van der Waals surface area (Å²) in [6, 6.07) is 11.4. The van der Waals surface area contributed by atoms with Gasteiger partial charge in [0.2, 0.25) is 0 Å². The second-order valence-corrected chi connectivity index (χ2v) is 6.59. The Bertz CT molecular complexity index is 1490. The molecular formula is C19H16N8O2. The fourth-order valence-electron chi connectivity index (χ4n) is 3.38. The quantitative estimate of drug-likeness (QED) is 0.495. The molecule has 5 rings (SSSR count). The lowest BCUT2D eigenvalue weighted by molar-refractivity contribution is 0.709. The molecule has 4 aromatic heterocycles. The smallest absolute Gasteiger partial charge is 0.295 e. The molecule has 1 aromatic carbocycles. The first-order valence-electron chi connectivity index (χ1n) is 8.84. The first-order chi connectivity index (χ1) is 14.1. The van der Waals surface area contributed by atoms with Crippen LogP contribution >= 0.6 is 0 Å². The summed E-state index contributed by atoms with van der Waals surface area (Å²) < 4.78 is 5.78. The zero-order valence-corrected chi connectivity index (χ0v) is 15.6. The Morgan fingerprint density at radius 1 is 0.966 bits per heavy atom. The van der Waals surface area contributed by atoms with Crippen molar-refractivity contribution in [2.45, 2.75) is 0 Å². The van der Waals surface area contributed by atoms with E-state index in [1.54, 1.807) is 34.9 Å². The molecule has 0 fully saturated rings. The Morgan fingerprint density at radius 3 is 2.55 bits per heavy atom. The van der Waals surface area contributed by atoms with Gasteiger partial charge in [-0.05, 0) is 18.2 Å². The highest BCUT2D eigenvalue weighted by molar-refractivity contribution is 5.87. The molecule has 5 aromatic rings. The predicted octanol–water partition coefficient (Wildman–Crippen LogP) is 1.04. The van der Waals surface area contributed by atoms with Gasteiger partial charge in [-0.2, -0.15) is 5.10 Å². The first-order valence-corrected chi connectivity index (χ1v) is 8.84. The van der Waals surface area contributed by atoms with Crippen molar-refractivity contribution >= 4 is 27.9 Å². The lowest BCUT2D eigenvalue weighted by Crippen LogP contribution is -2.37. The average molecular weight is 388 g/mol. The summed E-state index contributed by atoms with van der Waals surface area (Å²) in [4.78, 5) is 33.5. The number of rotatable bonds is 3. The number of hydrogen-bond acceptors (Lipinski definition) is 6. The molecule has 144 valence electrons. The van der Waals surface area contributed by atoms with Crippen molar-refractivity contribution in [3.05, 3.63) is 76.0 Å². The second kappa shape index (κ2) is 6.16. The molecule has 0 saturated heterocycles. The van der Waals surface area contributed by atoms with Crippen LogP contribution in [0.25, 0.3) is 27.8 Å². The summed E-state index contributed by atoms with van der Waals surface area (Å²) in [5.74, 6) is 0.491. The van der Waals surface area contributed by atoms with E-state index in [0.29, 0.717) is 27.9 Å². The number of benzene rings is 1. The SMILES string of the molecule is Cn1c(=O)c2c(ccn2Nc2ncnc3c2cnn3-c2ccccc2)n(C)c1=O. The number of nitrogens with zero attached hydrogens (tertiary/aromatic N) is 7. The van der Waals surface area contributed by atoms with Crippen molar-refractivity contribution in [2.75, 3.05) is 5.43 Å². The van der Waals surface area contributed by atoms with E-state index in [1.165, 1.54) is 17.9 Å². The normalized spacial score (nSPS) is 11.4. The molecule has 0 saturated carbocycles. The van der Waals surface area contributed by atoms with E-state index >= 15 is 0 Å². The first kappa shape index (κ1) is 16.9. The van der Waals surface area contributed by atoms with Crippen LogP contribution in [0.5, 0.6) is 0 Å². The van der Waals surface area contributed by atoms with Gasteiger partial charge >= 0.3 is 5.69 Å². The van der Waals surface area contributed by atoms with Crippen molar-refractivity contribution in [2.24, 2.45) is 14.1 Å². The zero-order valence-electron chi connectivity index (χ0n) is 15.6. The summed E-state index contributed by atoms with van der Waals surface area (Å²) in [5, 5.41) is 5.12. The van der Waals surface area contributed by atoms with Crippen LogP contribution in [0, 0.1) is 0 Å². The number of aryl methyl sites for hydroxylation is 1. The molecule has 0 radical (unpaired) electrons. The van der Waals surface area contributed by atoms with Crippen LogP contribution in [-0.4, -0.2) is 33.6 Å². The summed E-state index contributed by atoms with van der Waals surface area (Å²) in [6.45, 7) is 0. The van der Waals surface area contributed by atoms with E-state index in [1.807, 2.05) is 30.3 Å². The third-order valence-corrected chi connectivity index (χ3v) is 4.90. The number of para-hydroxylation sites is 1. The molecule has 0 atom stereocenters. The van der Waals surface area contributed by atoms with Gasteiger partial charge in [0.05, 0.1) is 22.8 Å². The van der Waals surface area contributed by atoms with Crippen molar-refractivity contribution in [1.82, 2.24) is 33.6 Å². The molecule has 0 bridgehead atoms. The van der Waals surface area contributed by atoms with Gasteiger partial charge in [0, 0.05) is 20.3 Å². The predicted molar refractivity (Wildman–Crippen MR) is 108 cm³/mol. The highest BCUT2D eigenvalue weighted by Crippen LogP contribution is 2.22. The van der Waals surface area contributed by atoms with Gasteiger partial charge in [0.1, 0.15) is 6.33 Å². The molecule has 0 spiro atoms. The molecule has 10 nitrogen and oxygen atoms in total. The van der Waals surface area contributed by atoms with Crippen molar-refractivity contribution in [3.8, 4) is 5.69 Å². The number of aromatic nitrogens is 7. The molecular weight excluding hydrogens is 372 g/mol. The molecule has 0 aliphatic rings. The Labute approximate surface area is 163 Å². The molecule has 0 aliphatic carbocycles. The highest BCUT2D eigenvalue weighted by atomic mass is 16.2. The molecule has 0 amide bonds. The van der Waals surface area contributed by atoms with Crippen molar-refractivity contribution < 1.29 is 0 Å². The van der Waals surface area contributed by atoms with Crippen molar-refractivity contribution in [3.63, 3.8) is 0 Å². The Hall–Kier alpha value is -4.21. The molecule has 1 N–H and O–H groups in total. The third-order valence-electron chi connectivity index (χ3n) is 4.90. The van der Waals surface area contributed by atoms with Crippen molar-refractivity contribution in [1.29, 1.82) is 0 Å². The minimum absolute atomic E-state index is 0.344. The number of hydrogen-bond donors (Lipinski definition) is 1. The van der Waals surface area contributed by atoms with Crippen LogP contribution in [0.2, 0.25) is 0 Å². The van der Waals surface area contributed by atoms with Crippen LogP contribution in [-0.2, 0) is 14.1 Å². The van der Waals surface area contributed by atoms with E-state index < -0.39 is 5.56 Å². The van der Waals surface area contributed by atoms with E-state index in [4.69, 9.17) is 0 Å². The van der Waals surface area contributed by atoms with Crippen LogP contribution in [0.4, 0.5) is 5.82 Å². The van der Waals surface area contributed by atoms with Crippen LogP contribution in [0.1, 0.15) is 0 Å². The highest BCUT2D eigenvalue weighted by Gasteiger charge is 2.15. The molecule has 0 aliphatic heterocycles. The van der Waals surface area contributed by atoms with Crippen LogP contribution < -0.4 is 16.7 Å². The number of anilines is 1. The zero-order chi connectivity index (χ0) is 20.1. The fourth-order valence-corrected chi connectivity index (χ4v) is 3.38. The molecule has 29 heavy (non-hydrogen) atoms. The minimum atomic E-state index is -0.397. The maximum atomic E-state index is 12.7. The van der Waals surface area contributed by atoms with Gasteiger partial charge in [-0.1, -0.05) is 18.2 Å². The molecule has 4 heterocycles. The molecule has 10 heteroatoms. The summed E-state index contributed by atoms with van der Waals surface area (Å²) >= 11 is 0. The van der Waals surface area contributed by atoms with Gasteiger partial charge in [-0.25, -0.2) is 19.4 Å². The fraction of sp³-hybridized carbons (Fsp3) is 0.105. The molecule has 0 unspecified atom stereocenters. The maximum absolute atomic E-state index is 12.7. The number of nitrogens with one attached hydrogen (secondary N) is 1. The summed E-state index contributed by atoms with van der Waals surface area (Å²) in [5.41, 5.74) is 4.73. The third kappa shape index (κ3) is 2.46. The largest absolute Gasteiger partial charge is 0.331 e. The van der Waals surface area contributed by atoms with E-state index in [0.717, 1.165) is 10.3 Å². The number of fused-ring (bicyclic) bond motifs is 2. The van der Waals surface area contributed by atoms with Gasteiger partial charge in [-0.15, -0.1) is 0 Å². The lowest BCUT2D eigenvalue weighted by Gasteiger charge is -2.10. The van der Waals surface area contributed by atoms with Gasteiger partial charge in [0.15, 0.2) is 17.0 Å². The second-order valence-electron chi connectivity index (χ2n) is 6.59. The Kier molecular flexibility index (Phi) is 3.60. The van der Waals surface area contributed by atoms with E-state index in [-0.39, 0.29) is 5.69 Å². The monoisotopic (exact) mass is 388 g/mol. The lowest BCUT2D eigenvalue weighted by atomic mass is 10.3. The topological polar surface area (TPSA) is 105 Å². The van der Waals surface area contributed by atoms with E-state index in [2.05, 4.69) is 20.5 Å². The van der Waals surface area contributed by atoms with Gasteiger partial charge in [0.25, 0.3) is 5.56 Å². The summed E-state index contributed by atoms with van der Waals surface area (Å²) in [6.07, 6.45) is 4.79.